The number of halogens is 2. The molecule has 3 rings (SSSR count). The molecule has 1 aromatic heterocycles. The Hall–Kier alpha value is -2.62. The van der Waals surface area contributed by atoms with Crippen molar-refractivity contribution in [2.45, 2.75) is 4.90 Å². The van der Waals surface area contributed by atoms with E-state index in [1.165, 1.54) is 36.4 Å². The van der Waals surface area contributed by atoms with E-state index in [0.29, 0.717) is 5.75 Å². The molecule has 2 aromatic carbocycles. The Balaban J connectivity index is 1.96. The van der Waals surface area contributed by atoms with Crippen LogP contribution in [-0.2, 0) is 9.84 Å². The fourth-order valence-electron chi connectivity index (χ4n) is 2.18. The SMILES string of the molecule is CS(=O)(=O)c1ccc(Oc2c(Cl)cc(-n3ncc(=O)[nH]c3=O)cc2Cl)cc1. The van der Waals surface area contributed by atoms with Gasteiger partial charge in [0.05, 0.1) is 20.6 Å². The topological polar surface area (TPSA) is 111 Å². The third-order valence-corrected chi connectivity index (χ3v) is 5.10. The van der Waals surface area contributed by atoms with Crippen molar-refractivity contribution in [2.24, 2.45) is 0 Å². The number of ether oxygens (including phenoxy) is 1. The Morgan fingerprint density at radius 1 is 1.07 bits per heavy atom. The van der Waals surface area contributed by atoms with Crippen LogP contribution >= 0.6 is 23.2 Å². The number of aromatic amines is 1. The molecule has 0 spiro atoms. The molecule has 0 aliphatic rings. The molecule has 0 bridgehead atoms. The van der Waals surface area contributed by atoms with Gasteiger partial charge < -0.3 is 4.74 Å². The maximum absolute atomic E-state index is 11.8. The molecular weight excluding hydrogens is 417 g/mol. The number of rotatable bonds is 4. The number of hydrogen-bond donors (Lipinski definition) is 1. The maximum Gasteiger partial charge on any atom is 0.349 e. The van der Waals surface area contributed by atoms with Crippen molar-refractivity contribution in [3.8, 4) is 17.2 Å². The Morgan fingerprint density at radius 2 is 1.67 bits per heavy atom. The predicted octanol–water partition coefficient (Wildman–Crippen LogP) is 2.42. The van der Waals surface area contributed by atoms with Crippen LogP contribution in [0.2, 0.25) is 10.0 Å². The maximum atomic E-state index is 11.8. The summed E-state index contributed by atoms with van der Waals surface area (Å²) in [5.74, 6) is 0.435. The first-order chi connectivity index (χ1) is 12.6. The van der Waals surface area contributed by atoms with Crippen molar-refractivity contribution < 1.29 is 13.2 Å². The molecule has 8 nitrogen and oxygen atoms in total. The lowest BCUT2D eigenvalue weighted by Gasteiger charge is -2.12. The first-order valence-electron chi connectivity index (χ1n) is 7.31. The van der Waals surface area contributed by atoms with E-state index in [9.17, 15) is 18.0 Å². The second-order valence-electron chi connectivity index (χ2n) is 5.43. The van der Waals surface area contributed by atoms with Gasteiger partial charge in [-0.1, -0.05) is 23.2 Å². The van der Waals surface area contributed by atoms with Gasteiger partial charge in [0.1, 0.15) is 11.9 Å². The van der Waals surface area contributed by atoms with Gasteiger partial charge in [-0.15, -0.1) is 0 Å². The van der Waals surface area contributed by atoms with Gasteiger partial charge in [-0.2, -0.15) is 9.78 Å². The zero-order chi connectivity index (χ0) is 19.8. The van der Waals surface area contributed by atoms with Gasteiger partial charge in [0.25, 0.3) is 5.56 Å². The molecule has 0 saturated carbocycles. The third kappa shape index (κ3) is 4.21. The van der Waals surface area contributed by atoms with Crippen LogP contribution in [0, 0.1) is 0 Å². The lowest BCUT2D eigenvalue weighted by molar-refractivity contribution is 0.482. The van der Waals surface area contributed by atoms with E-state index in [0.717, 1.165) is 17.1 Å². The van der Waals surface area contributed by atoms with E-state index >= 15 is 0 Å². The summed E-state index contributed by atoms with van der Waals surface area (Å²) in [7, 11) is -3.32. The lowest BCUT2D eigenvalue weighted by Crippen LogP contribution is -2.30. The van der Waals surface area contributed by atoms with E-state index in [4.69, 9.17) is 27.9 Å². The molecule has 1 heterocycles. The molecular formula is C16H11Cl2N3O5S. The van der Waals surface area contributed by atoms with Gasteiger partial charge in [-0.3, -0.25) is 9.78 Å². The average Bonchev–Trinajstić information content (AvgIpc) is 2.57. The number of H-pyrrole nitrogens is 1. The fraction of sp³-hybridized carbons (Fsp3) is 0.0625. The van der Waals surface area contributed by atoms with Crippen molar-refractivity contribution in [3.63, 3.8) is 0 Å². The number of benzene rings is 2. The van der Waals surface area contributed by atoms with Crippen LogP contribution in [-0.4, -0.2) is 29.4 Å². The summed E-state index contributed by atoms with van der Waals surface area (Å²) in [6, 6.07) is 8.49. The van der Waals surface area contributed by atoms with Gasteiger partial charge in [0.2, 0.25) is 0 Å². The smallest absolute Gasteiger partial charge is 0.349 e. The van der Waals surface area contributed by atoms with Crippen LogP contribution in [0.5, 0.6) is 11.5 Å². The third-order valence-electron chi connectivity index (χ3n) is 3.41. The fourth-order valence-corrected chi connectivity index (χ4v) is 3.36. The number of aromatic nitrogens is 3. The molecule has 27 heavy (non-hydrogen) atoms. The highest BCUT2D eigenvalue weighted by Gasteiger charge is 2.14. The zero-order valence-electron chi connectivity index (χ0n) is 13.6. The molecule has 0 amide bonds. The molecule has 0 radical (unpaired) electrons. The Morgan fingerprint density at radius 3 is 2.19 bits per heavy atom. The van der Waals surface area contributed by atoms with Crippen LogP contribution in [0.4, 0.5) is 0 Å². The van der Waals surface area contributed by atoms with Gasteiger partial charge in [-0.25, -0.2) is 13.2 Å². The summed E-state index contributed by atoms with van der Waals surface area (Å²) >= 11 is 12.4. The molecule has 11 heteroatoms. The van der Waals surface area contributed by atoms with E-state index < -0.39 is 21.1 Å². The highest BCUT2D eigenvalue weighted by molar-refractivity contribution is 7.90. The molecule has 3 aromatic rings. The van der Waals surface area contributed by atoms with Gasteiger partial charge in [0.15, 0.2) is 15.6 Å². The summed E-state index contributed by atoms with van der Waals surface area (Å²) in [5, 5.41) is 3.90. The van der Waals surface area contributed by atoms with Crippen molar-refractivity contribution >= 4 is 33.0 Å². The molecule has 0 aliphatic carbocycles. The summed E-state index contributed by atoms with van der Waals surface area (Å²) in [6.45, 7) is 0. The largest absolute Gasteiger partial charge is 0.454 e. The molecule has 0 saturated heterocycles. The standard InChI is InChI=1S/C16H11Cl2N3O5S/c1-27(24,25)11-4-2-10(3-5-11)26-15-12(17)6-9(7-13(15)18)21-16(23)20-14(22)8-19-21/h2-8H,1H3,(H,20,22,23). The number of sulfone groups is 1. The quantitative estimate of drug-likeness (QED) is 0.684. The van der Waals surface area contributed by atoms with Crippen LogP contribution in [0.25, 0.3) is 5.69 Å². The van der Waals surface area contributed by atoms with Crippen molar-refractivity contribution in [1.29, 1.82) is 0 Å². The molecule has 0 atom stereocenters. The van der Waals surface area contributed by atoms with Crippen LogP contribution < -0.4 is 16.0 Å². The minimum absolute atomic E-state index is 0.0876. The second-order valence-corrected chi connectivity index (χ2v) is 8.27. The Kier molecular flexibility index (Phi) is 5.09. The molecule has 1 N–H and O–H groups in total. The van der Waals surface area contributed by atoms with Gasteiger partial charge >= 0.3 is 5.69 Å². The zero-order valence-corrected chi connectivity index (χ0v) is 16.0. The Bertz CT molecular complexity index is 1210. The summed E-state index contributed by atoms with van der Waals surface area (Å²) < 4.78 is 29.5. The monoisotopic (exact) mass is 427 g/mol. The Labute approximate surface area is 162 Å². The first-order valence-corrected chi connectivity index (χ1v) is 9.96. The van der Waals surface area contributed by atoms with Crippen LogP contribution in [0.15, 0.2) is 57.1 Å². The highest BCUT2D eigenvalue weighted by Crippen LogP contribution is 2.38. The predicted molar refractivity (Wildman–Crippen MR) is 100 cm³/mol. The average molecular weight is 428 g/mol. The van der Waals surface area contributed by atoms with E-state index in [1.807, 2.05) is 0 Å². The minimum Gasteiger partial charge on any atom is -0.454 e. The van der Waals surface area contributed by atoms with Gasteiger partial charge in [0, 0.05) is 6.26 Å². The van der Waals surface area contributed by atoms with Crippen molar-refractivity contribution in [3.05, 3.63) is 73.5 Å². The van der Waals surface area contributed by atoms with E-state index in [1.54, 1.807) is 0 Å². The first kappa shape index (κ1) is 19.2. The van der Waals surface area contributed by atoms with Crippen molar-refractivity contribution in [1.82, 2.24) is 14.8 Å². The molecule has 140 valence electrons. The summed E-state index contributed by atoms with van der Waals surface area (Å²) in [6.07, 6.45) is 2.04. The number of nitrogens with one attached hydrogen (secondary N) is 1. The highest BCUT2D eigenvalue weighted by atomic mass is 35.5. The van der Waals surface area contributed by atoms with Gasteiger partial charge in [-0.05, 0) is 36.4 Å². The minimum atomic E-state index is -3.32. The van der Waals surface area contributed by atoms with Crippen LogP contribution in [0.3, 0.4) is 0 Å². The normalized spacial score (nSPS) is 11.4. The van der Waals surface area contributed by atoms with Crippen molar-refractivity contribution in [2.75, 3.05) is 6.26 Å². The second kappa shape index (κ2) is 7.18. The molecule has 0 unspecified atom stereocenters. The van der Waals surface area contributed by atoms with Crippen LogP contribution in [0.1, 0.15) is 0 Å². The summed E-state index contributed by atoms with van der Waals surface area (Å²) in [5.41, 5.74) is -1.16. The molecule has 0 aliphatic heterocycles. The molecule has 0 fully saturated rings. The lowest BCUT2D eigenvalue weighted by atomic mass is 10.3. The van der Waals surface area contributed by atoms with E-state index in [2.05, 4.69) is 10.1 Å². The number of hydrogen-bond acceptors (Lipinski definition) is 6. The van der Waals surface area contributed by atoms with E-state index in [-0.39, 0.29) is 26.4 Å². The number of nitrogens with zero attached hydrogens (tertiary/aromatic N) is 2. The summed E-state index contributed by atoms with van der Waals surface area (Å²) in [4.78, 5) is 25.2.